The van der Waals surface area contributed by atoms with Crippen LogP contribution in [-0.4, -0.2) is 45.7 Å². The lowest BCUT2D eigenvalue weighted by Crippen LogP contribution is -2.11. The number of alkyl halides is 1. The molecule has 0 spiro atoms. The van der Waals surface area contributed by atoms with Crippen molar-refractivity contribution in [2.24, 2.45) is 0 Å². The maximum atomic E-state index is 11.5. The zero-order valence-electron chi connectivity index (χ0n) is 8.04. The summed E-state index contributed by atoms with van der Waals surface area (Å²) in [5.41, 5.74) is 0. The smallest absolute Gasteiger partial charge is 0.330 e. The Morgan fingerprint density at radius 1 is 1.14 bits per heavy atom. The van der Waals surface area contributed by atoms with Crippen LogP contribution in [0, 0.1) is 0 Å². The number of esters is 1. The van der Waals surface area contributed by atoms with Crippen LogP contribution >= 0.6 is 0 Å². The Kier molecular flexibility index (Phi) is 9.46. The molecule has 0 aliphatic carbocycles. The van der Waals surface area contributed by atoms with Gasteiger partial charge in [-0.15, -0.1) is 0 Å². The molecule has 0 saturated carbocycles. The lowest BCUT2D eigenvalue weighted by molar-refractivity contribution is -0.139. The molecule has 0 bridgehead atoms. The zero-order chi connectivity index (χ0) is 10.6. The average Bonchev–Trinajstić information content (AvgIpc) is 2.21. The van der Waals surface area contributed by atoms with E-state index in [2.05, 4.69) is 11.3 Å². The lowest BCUT2D eigenvalue weighted by Gasteiger charge is -2.04. The van der Waals surface area contributed by atoms with Gasteiger partial charge >= 0.3 is 5.97 Å². The molecule has 0 atom stereocenters. The first-order valence-corrected chi connectivity index (χ1v) is 4.32. The molecular formula is C9H15FO4. The fourth-order valence-electron chi connectivity index (χ4n) is 0.637. The van der Waals surface area contributed by atoms with E-state index >= 15 is 0 Å². The summed E-state index contributed by atoms with van der Waals surface area (Å²) in [6.45, 7) is 4.05. The van der Waals surface area contributed by atoms with E-state index in [1.807, 2.05) is 0 Å². The van der Waals surface area contributed by atoms with Crippen LogP contribution in [-0.2, 0) is 19.0 Å². The Labute approximate surface area is 82.6 Å². The van der Waals surface area contributed by atoms with Crippen molar-refractivity contribution >= 4 is 5.97 Å². The zero-order valence-corrected chi connectivity index (χ0v) is 8.04. The van der Waals surface area contributed by atoms with Gasteiger partial charge in [0.15, 0.2) is 0 Å². The van der Waals surface area contributed by atoms with Crippen molar-refractivity contribution in [3.05, 3.63) is 12.7 Å². The average molecular weight is 206 g/mol. The molecule has 0 fully saturated rings. The quantitative estimate of drug-likeness (QED) is 0.317. The van der Waals surface area contributed by atoms with Crippen molar-refractivity contribution < 1.29 is 23.4 Å². The number of hydrogen-bond acceptors (Lipinski definition) is 4. The van der Waals surface area contributed by atoms with Crippen molar-refractivity contribution in [3.8, 4) is 0 Å². The first-order valence-electron chi connectivity index (χ1n) is 4.32. The Hall–Kier alpha value is -0.940. The molecular weight excluding hydrogens is 191 g/mol. The second kappa shape index (κ2) is 10.1. The van der Waals surface area contributed by atoms with Gasteiger partial charge in [0.1, 0.15) is 13.3 Å². The monoisotopic (exact) mass is 206 g/mol. The molecule has 0 heterocycles. The molecule has 0 rings (SSSR count). The van der Waals surface area contributed by atoms with Crippen molar-refractivity contribution in [1.29, 1.82) is 0 Å². The first kappa shape index (κ1) is 13.1. The molecule has 0 saturated heterocycles. The standard InChI is InChI=1S/C9H15FO4/c1-2-9(11)14-8-7-13-6-5-12-4-3-10/h2H,1,3-8H2. The highest BCUT2D eigenvalue weighted by Gasteiger charge is 1.94. The van der Waals surface area contributed by atoms with Crippen LogP contribution in [0.25, 0.3) is 0 Å². The molecule has 82 valence electrons. The highest BCUT2D eigenvalue weighted by atomic mass is 19.1. The molecule has 5 heteroatoms. The van der Waals surface area contributed by atoms with Gasteiger partial charge in [-0.05, 0) is 0 Å². The number of carbonyl (C=O) groups excluding carboxylic acids is 1. The molecule has 0 radical (unpaired) electrons. The summed E-state index contributed by atoms with van der Waals surface area (Å²) in [7, 11) is 0. The summed E-state index contributed by atoms with van der Waals surface area (Å²) in [4.78, 5) is 10.5. The molecule has 14 heavy (non-hydrogen) atoms. The van der Waals surface area contributed by atoms with Crippen LogP contribution in [0.2, 0.25) is 0 Å². The van der Waals surface area contributed by atoms with Crippen LogP contribution in [0.4, 0.5) is 4.39 Å². The van der Waals surface area contributed by atoms with E-state index in [-0.39, 0.29) is 13.2 Å². The van der Waals surface area contributed by atoms with E-state index in [9.17, 15) is 9.18 Å². The van der Waals surface area contributed by atoms with E-state index in [1.54, 1.807) is 0 Å². The van der Waals surface area contributed by atoms with Crippen LogP contribution < -0.4 is 0 Å². The minimum atomic E-state index is -0.489. The summed E-state index contributed by atoms with van der Waals surface area (Å²) in [6, 6.07) is 0. The van der Waals surface area contributed by atoms with Gasteiger partial charge in [0.05, 0.1) is 26.4 Å². The van der Waals surface area contributed by atoms with Crippen molar-refractivity contribution in [2.45, 2.75) is 0 Å². The summed E-state index contributed by atoms with van der Waals surface area (Å²) in [6.07, 6.45) is 1.09. The Bertz CT molecular complexity index is 161. The fraction of sp³-hybridized carbons (Fsp3) is 0.667. The predicted molar refractivity (Wildman–Crippen MR) is 48.8 cm³/mol. The molecule has 0 aromatic carbocycles. The van der Waals surface area contributed by atoms with E-state index in [0.29, 0.717) is 19.8 Å². The predicted octanol–water partition coefficient (Wildman–Crippen LogP) is 0.718. The third kappa shape index (κ3) is 9.15. The van der Waals surface area contributed by atoms with Gasteiger partial charge in [0, 0.05) is 6.08 Å². The van der Waals surface area contributed by atoms with Crippen molar-refractivity contribution in [1.82, 2.24) is 0 Å². The second-order valence-electron chi connectivity index (χ2n) is 2.29. The summed E-state index contributed by atoms with van der Waals surface area (Å²) >= 11 is 0. The fourth-order valence-corrected chi connectivity index (χ4v) is 0.637. The van der Waals surface area contributed by atoms with E-state index in [1.165, 1.54) is 0 Å². The highest BCUT2D eigenvalue weighted by molar-refractivity contribution is 5.81. The number of halogens is 1. The van der Waals surface area contributed by atoms with Crippen molar-refractivity contribution in [2.75, 3.05) is 39.7 Å². The summed E-state index contributed by atoms with van der Waals surface area (Å²) in [5.74, 6) is -0.470. The van der Waals surface area contributed by atoms with E-state index < -0.39 is 12.6 Å². The Balaban J connectivity index is 2.99. The molecule has 0 N–H and O–H groups in total. The van der Waals surface area contributed by atoms with Gasteiger partial charge in [-0.2, -0.15) is 0 Å². The Morgan fingerprint density at radius 2 is 1.71 bits per heavy atom. The van der Waals surface area contributed by atoms with Crippen LogP contribution in [0.3, 0.4) is 0 Å². The van der Waals surface area contributed by atoms with Gasteiger partial charge in [0.25, 0.3) is 0 Å². The van der Waals surface area contributed by atoms with Gasteiger partial charge in [-0.1, -0.05) is 6.58 Å². The lowest BCUT2D eigenvalue weighted by atomic mass is 10.6. The normalized spacial score (nSPS) is 9.79. The topological polar surface area (TPSA) is 44.8 Å². The number of ether oxygens (including phenoxy) is 3. The molecule has 0 aliphatic rings. The highest BCUT2D eigenvalue weighted by Crippen LogP contribution is 1.83. The third-order valence-corrected chi connectivity index (χ3v) is 1.23. The van der Waals surface area contributed by atoms with E-state index in [4.69, 9.17) is 9.47 Å². The number of hydrogen-bond donors (Lipinski definition) is 0. The largest absolute Gasteiger partial charge is 0.460 e. The molecule has 0 unspecified atom stereocenters. The van der Waals surface area contributed by atoms with Gasteiger partial charge in [-0.25, -0.2) is 9.18 Å². The third-order valence-electron chi connectivity index (χ3n) is 1.23. The maximum Gasteiger partial charge on any atom is 0.330 e. The number of carbonyl (C=O) groups is 1. The molecule has 4 nitrogen and oxygen atoms in total. The molecule has 0 amide bonds. The van der Waals surface area contributed by atoms with Gasteiger partial charge < -0.3 is 14.2 Å². The second-order valence-corrected chi connectivity index (χ2v) is 2.29. The van der Waals surface area contributed by atoms with Crippen molar-refractivity contribution in [3.63, 3.8) is 0 Å². The van der Waals surface area contributed by atoms with Crippen LogP contribution in [0.15, 0.2) is 12.7 Å². The summed E-state index contributed by atoms with van der Waals surface area (Å²) < 4.78 is 26.0. The van der Waals surface area contributed by atoms with Gasteiger partial charge in [0.2, 0.25) is 0 Å². The minimum absolute atomic E-state index is 0.0921. The molecule has 0 aromatic heterocycles. The van der Waals surface area contributed by atoms with E-state index in [0.717, 1.165) is 6.08 Å². The van der Waals surface area contributed by atoms with Gasteiger partial charge in [-0.3, -0.25) is 0 Å². The molecule has 0 aromatic rings. The Morgan fingerprint density at radius 3 is 2.29 bits per heavy atom. The maximum absolute atomic E-state index is 11.5. The minimum Gasteiger partial charge on any atom is -0.460 e. The van der Waals surface area contributed by atoms with Crippen LogP contribution in [0.1, 0.15) is 0 Å². The number of rotatable bonds is 9. The SMILES string of the molecule is C=CC(=O)OCCOCCOCCF. The first-order chi connectivity index (χ1) is 6.81. The molecule has 0 aliphatic heterocycles. The van der Waals surface area contributed by atoms with Crippen LogP contribution in [0.5, 0.6) is 0 Å². The summed E-state index contributed by atoms with van der Waals surface area (Å²) in [5, 5.41) is 0.